The highest BCUT2D eigenvalue weighted by Crippen LogP contribution is 2.26. The third-order valence-corrected chi connectivity index (χ3v) is 3.16. The van der Waals surface area contributed by atoms with Gasteiger partial charge in [-0.05, 0) is 12.1 Å². The van der Waals surface area contributed by atoms with E-state index in [1.165, 1.54) is 12.1 Å². The van der Waals surface area contributed by atoms with Crippen LogP contribution in [0.4, 0.5) is 11.4 Å². The largest absolute Gasteiger partial charge is 0.396 e. The molecule has 0 aliphatic heterocycles. The van der Waals surface area contributed by atoms with Gasteiger partial charge in [-0.3, -0.25) is 9.35 Å². The van der Waals surface area contributed by atoms with Crippen molar-refractivity contribution < 1.29 is 17.8 Å². The standard InChI is InChI=1S/C8H9BrN2O4S/c9-4-7(12)11-5-2-1-3-6(8(5)10)16(13,14)15/h1-3H,4,10H2,(H,11,12)(H,13,14,15). The van der Waals surface area contributed by atoms with Crippen LogP contribution < -0.4 is 11.1 Å². The molecule has 0 saturated heterocycles. The zero-order chi connectivity index (χ0) is 12.3. The Labute approximate surface area is 101 Å². The van der Waals surface area contributed by atoms with Gasteiger partial charge >= 0.3 is 0 Å². The molecule has 0 aliphatic rings. The third-order valence-electron chi connectivity index (χ3n) is 1.74. The zero-order valence-electron chi connectivity index (χ0n) is 7.97. The van der Waals surface area contributed by atoms with Crippen LogP contribution in [-0.4, -0.2) is 24.2 Å². The van der Waals surface area contributed by atoms with Crippen LogP contribution in [-0.2, 0) is 14.9 Å². The molecule has 1 rings (SSSR count). The molecule has 0 radical (unpaired) electrons. The number of amides is 1. The first-order valence-corrected chi connectivity index (χ1v) is 6.64. The molecule has 0 bridgehead atoms. The topological polar surface area (TPSA) is 109 Å². The van der Waals surface area contributed by atoms with Crippen LogP contribution in [0.15, 0.2) is 23.1 Å². The number of hydrogen-bond donors (Lipinski definition) is 3. The van der Waals surface area contributed by atoms with Gasteiger partial charge in [-0.1, -0.05) is 22.0 Å². The van der Waals surface area contributed by atoms with E-state index < -0.39 is 15.0 Å². The number of anilines is 2. The summed E-state index contributed by atoms with van der Waals surface area (Å²) in [5.74, 6) is -0.376. The van der Waals surface area contributed by atoms with Gasteiger partial charge < -0.3 is 11.1 Å². The number of alkyl halides is 1. The van der Waals surface area contributed by atoms with Gasteiger partial charge in [0.15, 0.2) is 0 Å². The fourth-order valence-electron chi connectivity index (χ4n) is 1.06. The molecule has 8 heteroatoms. The SMILES string of the molecule is Nc1c(NC(=O)CBr)cccc1S(=O)(=O)O. The Morgan fingerprint density at radius 3 is 2.62 bits per heavy atom. The molecular formula is C8H9BrN2O4S. The quantitative estimate of drug-likeness (QED) is 0.435. The maximum atomic E-state index is 11.1. The molecule has 88 valence electrons. The summed E-state index contributed by atoms with van der Waals surface area (Å²) in [7, 11) is -4.39. The summed E-state index contributed by atoms with van der Waals surface area (Å²) in [5, 5.41) is 2.44. The molecule has 0 heterocycles. The number of rotatable bonds is 3. The molecular weight excluding hydrogens is 300 g/mol. The Morgan fingerprint density at radius 2 is 2.12 bits per heavy atom. The van der Waals surface area contributed by atoms with Gasteiger partial charge in [-0.2, -0.15) is 8.42 Å². The predicted molar refractivity (Wildman–Crippen MR) is 63.1 cm³/mol. The van der Waals surface area contributed by atoms with Crippen molar-refractivity contribution in [3.05, 3.63) is 18.2 Å². The molecule has 0 fully saturated rings. The number of carbonyl (C=O) groups is 1. The molecule has 0 unspecified atom stereocenters. The lowest BCUT2D eigenvalue weighted by Gasteiger charge is -2.09. The molecule has 0 atom stereocenters. The second kappa shape index (κ2) is 4.81. The van der Waals surface area contributed by atoms with Crippen LogP contribution in [0.5, 0.6) is 0 Å². The molecule has 1 amide bonds. The zero-order valence-corrected chi connectivity index (χ0v) is 10.4. The lowest BCUT2D eigenvalue weighted by molar-refractivity contribution is -0.113. The fraction of sp³-hybridized carbons (Fsp3) is 0.125. The molecule has 1 aromatic rings. The van der Waals surface area contributed by atoms with Gasteiger partial charge in [0.2, 0.25) is 5.91 Å². The van der Waals surface area contributed by atoms with Gasteiger partial charge in [-0.25, -0.2) is 0 Å². The minimum absolute atomic E-state index is 0.0581. The molecule has 1 aromatic carbocycles. The van der Waals surface area contributed by atoms with E-state index in [4.69, 9.17) is 10.3 Å². The van der Waals surface area contributed by atoms with Crippen LogP contribution in [0.1, 0.15) is 0 Å². The third kappa shape index (κ3) is 2.94. The second-order valence-electron chi connectivity index (χ2n) is 2.87. The summed E-state index contributed by atoms with van der Waals surface area (Å²) < 4.78 is 30.7. The smallest absolute Gasteiger partial charge is 0.296 e. The lowest BCUT2D eigenvalue weighted by atomic mass is 10.2. The Hall–Kier alpha value is -1.12. The van der Waals surface area contributed by atoms with Crippen LogP contribution in [0, 0.1) is 0 Å². The first-order valence-electron chi connectivity index (χ1n) is 4.08. The summed E-state index contributed by atoms with van der Waals surface area (Å²) in [6, 6.07) is 3.95. The first-order chi connectivity index (χ1) is 7.36. The number of nitrogens with one attached hydrogen (secondary N) is 1. The lowest BCUT2D eigenvalue weighted by Crippen LogP contribution is -2.15. The van der Waals surface area contributed by atoms with Gasteiger partial charge in [0.05, 0.1) is 16.7 Å². The van der Waals surface area contributed by atoms with Crippen molar-refractivity contribution in [3.8, 4) is 0 Å². The number of benzene rings is 1. The van der Waals surface area contributed by atoms with Crippen LogP contribution in [0.25, 0.3) is 0 Å². The molecule has 16 heavy (non-hydrogen) atoms. The number of nitrogens with two attached hydrogens (primary N) is 1. The number of carbonyl (C=O) groups excluding carboxylic acids is 1. The van der Waals surface area contributed by atoms with Crippen molar-refractivity contribution in [2.75, 3.05) is 16.4 Å². The maximum Gasteiger partial charge on any atom is 0.296 e. The summed E-state index contributed by atoms with van der Waals surface area (Å²) in [4.78, 5) is 10.6. The number of nitrogen functional groups attached to an aromatic ring is 1. The molecule has 4 N–H and O–H groups in total. The van der Waals surface area contributed by atoms with Gasteiger partial charge in [0.25, 0.3) is 10.1 Å². The van der Waals surface area contributed by atoms with Crippen LogP contribution >= 0.6 is 15.9 Å². The summed E-state index contributed by atoms with van der Waals surface area (Å²) in [6.07, 6.45) is 0. The number of halogens is 1. The van der Waals surface area contributed by atoms with Crippen LogP contribution in [0.2, 0.25) is 0 Å². The Morgan fingerprint density at radius 1 is 1.50 bits per heavy atom. The average molecular weight is 309 g/mol. The van der Waals surface area contributed by atoms with Gasteiger partial charge in [-0.15, -0.1) is 0 Å². The molecule has 0 saturated carbocycles. The van der Waals surface area contributed by atoms with E-state index in [0.717, 1.165) is 6.07 Å². The van der Waals surface area contributed by atoms with E-state index in [-0.39, 0.29) is 22.6 Å². The van der Waals surface area contributed by atoms with Crippen molar-refractivity contribution in [1.29, 1.82) is 0 Å². The average Bonchev–Trinajstić information content (AvgIpc) is 2.19. The van der Waals surface area contributed by atoms with E-state index >= 15 is 0 Å². The van der Waals surface area contributed by atoms with E-state index in [1.54, 1.807) is 0 Å². The van der Waals surface area contributed by atoms with Crippen molar-refractivity contribution in [3.63, 3.8) is 0 Å². The minimum atomic E-state index is -4.39. The summed E-state index contributed by atoms with van der Waals surface area (Å²) in [6.45, 7) is 0. The molecule has 0 aromatic heterocycles. The number of para-hydroxylation sites is 1. The first kappa shape index (κ1) is 12.9. The van der Waals surface area contributed by atoms with Crippen LogP contribution in [0.3, 0.4) is 0 Å². The van der Waals surface area contributed by atoms with Gasteiger partial charge in [0.1, 0.15) is 4.90 Å². The molecule has 0 aliphatic carbocycles. The van der Waals surface area contributed by atoms with Crippen molar-refractivity contribution in [2.45, 2.75) is 4.90 Å². The van der Waals surface area contributed by atoms with E-state index in [0.29, 0.717) is 0 Å². The highest BCUT2D eigenvalue weighted by Gasteiger charge is 2.16. The van der Waals surface area contributed by atoms with E-state index in [2.05, 4.69) is 21.2 Å². The van der Waals surface area contributed by atoms with Crippen molar-refractivity contribution >= 4 is 43.3 Å². The second-order valence-corrected chi connectivity index (χ2v) is 4.82. The Balaban J connectivity index is 3.20. The van der Waals surface area contributed by atoms with Crippen molar-refractivity contribution in [1.82, 2.24) is 0 Å². The van der Waals surface area contributed by atoms with E-state index in [9.17, 15) is 13.2 Å². The maximum absolute atomic E-state index is 11.1. The number of hydrogen-bond acceptors (Lipinski definition) is 4. The van der Waals surface area contributed by atoms with E-state index in [1.807, 2.05) is 0 Å². The van der Waals surface area contributed by atoms with Crippen molar-refractivity contribution in [2.24, 2.45) is 0 Å². The summed E-state index contributed by atoms with van der Waals surface area (Å²) in [5.41, 5.74) is 5.45. The molecule has 0 spiro atoms. The fourth-order valence-corrected chi connectivity index (χ4v) is 1.84. The minimum Gasteiger partial charge on any atom is -0.396 e. The Bertz CT molecular complexity index is 515. The highest BCUT2D eigenvalue weighted by atomic mass is 79.9. The monoisotopic (exact) mass is 308 g/mol. The summed E-state index contributed by atoms with van der Waals surface area (Å²) >= 11 is 2.93. The normalized spacial score (nSPS) is 11.1. The predicted octanol–water partition coefficient (Wildman–Crippen LogP) is 0.849. The molecule has 6 nitrogen and oxygen atoms in total. The van der Waals surface area contributed by atoms with Gasteiger partial charge in [0, 0.05) is 0 Å². The highest BCUT2D eigenvalue weighted by molar-refractivity contribution is 9.09. The Kier molecular flexibility index (Phi) is 3.89.